The number of hydrogen-bond donors (Lipinski definition) is 2. The summed E-state index contributed by atoms with van der Waals surface area (Å²) in [6, 6.07) is 6.44. The van der Waals surface area contributed by atoms with Gasteiger partial charge < -0.3 is 20.4 Å². The van der Waals surface area contributed by atoms with Gasteiger partial charge in [0.15, 0.2) is 0 Å². The molecule has 1 aliphatic carbocycles. The Labute approximate surface area is 147 Å². The summed E-state index contributed by atoms with van der Waals surface area (Å²) < 4.78 is 13.0. The van der Waals surface area contributed by atoms with Crippen LogP contribution in [0.1, 0.15) is 25.7 Å². The summed E-state index contributed by atoms with van der Waals surface area (Å²) in [6.45, 7) is 2.55. The van der Waals surface area contributed by atoms with Crippen LogP contribution in [-0.4, -0.2) is 55.6 Å². The number of anilines is 1. The van der Waals surface area contributed by atoms with Crippen LogP contribution in [0.5, 0.6) is 0 Å². The predicted octanol–water partition coefficient (Wildman–Crippen LogP) is 1.72. The van der Waals surface area contributed by atoms with E-state index in [0.29, 0.717) is 26.2 Å². The first-order valence-electron chi connectivity index (χ1n) is 8.94. The van der Waals surface area contributed by atoms with E-state index in [2.05, 4.69) is 15.5 Å². The largest absolute Gasteiger partial charge is 0.368 e. The van der Waals surface area contributed by atoms with Crippen molar-refractivity contribution < 1.29 is 14.0 Å². The smallest absolute Gasteiger partial charge is 0.317 e. The topological polar surface area (TPSA) is 64.7 Å². The lowest BCUT2D eigenvalue weighted by Gasteiger charge is -2.36. The van der Waals surface area contributed by atoms with Gasteiger partial charge in [0.25, 0.3) is 0 Å². The van der Waals surface area contributed by atoms with Gasteiger partial charge in [0.2, 0.25) is 5.91 Å². The summed E-state index contributed by atoms with van der Waals surface area (Å²) >= 11 is 0. The van der Waals surface area contributed by atoms with Gasteiger partial charge >= 0.3 is 6.03 Å². The number of halogens is 1. The van der Waals surface area contributed by atoms with E-state index >= 15 is 0 Å². The van der Waals surface area contributed by atoms with Crippen LogP contribution in [0.3, 0.4) is 0 Å². The molecule has 0 aromatic heterocycles. The van der Waals surface area contributed by atoms with Gasteiger partial charge in [-0.1, -0.05) is 12.8 Å². The molecule has 1 saturated heterocycles. The highest BCUT2D eigenvalue weighted by atomic mass is 19.1. The van der Waals surface area contributed by atoms with Crippen molar-refractivity contribution in [2.75, 3.05) is 37.6 Å². The normalized spacial score (nSPS) is 18.3. The zero-order valence-electron chi connectivity index (χ0n) is 14.3. The second-order valence-electron chi connectivity index (χ2n) is 6.66. The Morgan fingerprint density at radius 1 is 1.04 bits per heavy atom. The second kappa shape index (κ2) is 8.18. The van der Waals surface area contributed by atoms with Gasteiger partial charge in [-0.15, -0.1) is 0 Å². The maximum absolute atomic E-state index is 13.0. The third-order valence-corrected chi connectivity index (χ3v) is 4.88. The van der Waals surface area contributed by atoms with Gasteiger partial charge in [0.1, 0.15) is 5.82 Å². The molecular weight excluding hydrogens is 323 g/mol. The molecule has 2 fully saturated rings. The number of nitrogens with one attached hydrogen (secondary N) is 2. The summed E-state index contributed by atoms with van der Waals surface area (Å²) in [6.07, 6.45) is 4.39. The molecule has 136 valence electrons. The molecule has 0 spiro atoms. The second-order valence-corrected chi connectivity index (χ2v) is 6.66. The molecule has 0 unspecified atom stereocenters. The van der Waals surface area contributed by atoms with Crippen molar-refractivity contribution in [2.45, 2.75) is 31.7 Å². The number of benzene rings is 1. The van der Waals surface area contributed by atoms with E-state index < -0.39 is 0 Å². The Bertz CT molecular complexity index is 594. The first kappa shape index (κ1) is 17.5. The number of urea groups is 1. The van der Waals surface area contributed by atoms with E-state index in [1.54, 1.807) is 17.0 Å². The molecule has 0 bridgehead atoms. The van der Waals surface area contributed by atoms with E-state index in [1.165, 1.54) is 12.1 Å². The van der Waals surface area contributed by atoms with Gasteiger partial charge in [-0.05, 0) is 37.1 Å². The number of nitrogens with zero attached hydrogens (tertiary/aromatic N) is 2. The average Bonchev–Trinajstić information content (AvgIpc) is 3.13. The Balaban J connectivity index is 1.39. The van der Waals surface area contributed by atoms with Crippen LogP contribution in [0.15, 0.2) is 24.3 Å². The van der Waals surface area contributed by atoms with E-state index in [9.17, 15) is 14.0 Å². The average molecular weight is 348 g/mol. The molecule has 2 N–H and O–H groups in total. The van der Waals surface area contributed by atoms with Gasteiger partial charge in [-0.25, -0.2) is 9.18 Å². The van der Waals surface area contributed by atoms with Crippen LogP contribution in [-0.2, 0) is 4.79 Å². The molecule has 0 radical (unpaired) electrons. The Morgan fingerprint density at radius 3 is 2.32 bits per heavy atom. The van der Waals surface area contributed by atoms with Crippen molar-refractivity contribution in [3.05, 3.63) is 30.1 Å². The highest BCUT2D eigenvalue weighted by Crippen LogP contribution is 2.18. The Kier molecular flexibility index (Phi) is 5.73. The number of amides is 3. The minimum absolute atomic E-state index is 0.0213. The highest BCUT2D eigenvalue weighted by molar-refractivity contribution is 5.84. The maximum atomic E-state index is 13.0. The molecule has 1 aliphatic heterocycles. The number of rotatable bonds is 4. The van der Waals surface area contributed by atoms with Crippen LogP contribution in [0, 0.1) is 5.82 Å². The summed E-state index contributed by atoms with van der Waals surface area (Å²) in [5, 5.41) is 5.65. The fourth-order valence-electron chi connectivity index (χ4n) is 3.44. The minimum atomic E-state index is -0.252. The van der Waals surface area contributed by atoms with E-state index in [-0.39, 0.29) is 30.3 Å². The molecule has 1 aromatic rings. The van der Waals surface area contributed by atoms with Gasteiger partial charge in [-0.3, -0.25) is 4.79 Å². The zero-order valence-corrected chi connectivity index (χ0v) is 14.3. The monoisotopic (exact) mass is 348 g/mol. The molecular formula is C18H25FN4O2. The van der Waals surface area contributed by atoms with Crippen LogP contribution in [0.4, 0.5) is 14.9 Å². The molecule has 1 heterocycles. The molecule has 7 heteroatoms. The van der Waals surface area contributed by atoms with Crippen molar-refractivity contribution in [3.8, 4) is 0 Å². The Morgan fingerprint density at radius 2 is 1.68 bits per heavy atom. The summed E-state index contributed by atoms with van der Waals surface area (Å²) in [5.74, 6) is -0.372. The third kappa shape index (κ3) is 4.84. The van der Waals surface area contributed by atoms with Gasteiger partial charge in [-0.2, -0.15) is 0 Å². The predicted molar refractivity (Wildman–Crippen MR) is 94.0 cm³/mol. The van der Waals surface area contributed by atoms with E-state index in [1.807, 2.05) is 0 Å². The van der Waals surface area contributed by atoms with Crippen molar-refractivity contribution in [2.24, 2.45) is 0 Å². The number of carbonyl (C=O) groups excluding carboxylic acids is 2. The lowest BCUT2D eigenvalue weighted by molar-refractivity contribution is -0.120. The van der Waals surface area contributed by atoms with Crippen LogP contribution >= 0.6 is 0 Å². The minimum Gasteiger partial charge on any atom is -0.368 e. The number of carbonyl (C=O) groups is 2. The van der Waals surface area contributed by atoms with Gasteiger partial charge in [0.05, 0.1) is 6.54 Å². The maximum Gasteiger partial charge on any atom is 0.317 e. The van der Waals surface area contributed by atoms with Crippen molar-refractivity contribution >= 4 is 17.6 Å². The van der Waals surface area contributed by atoms with Crippen molar-refractivity contribution in [1.82, 2.24) is 15.5 Å². The molecule has 3 rings (SSSR count). The zero-order chi connectivity index (χ0) is 17.6. The summed E-state index contributed by atoms with van der Waals surface area (Å²) in [4.78, 5) is 27.9. The number of hydrogen-bond acceptors (Lipinski definition) is 3. The fraction of sp³-hybridized carbons (Fsp3) is 0.556. The summed E-state index contributed by atoms with van der Waals surface area (Å²) in [5.41, 5.74) is 0.956. The highest BCUT2D eigenvalue weighted by Gasteiger charge is 2.22. The fourth-order valence-corrected chi connectivity index (χ4v) is 3.44. The molecule has 1 saturated carbocycles. The van der Waals surface area contributed by atoms with E-state index in [0.717, 1.165) is 31.4 Å². The molecule has 1 aromatic carbocycles. The van der Waals surface area contributed by atoms with Crippen molar-refractivity contribution in [3.63, 3.8) is 0 Å². The first-order valence-corrected chi connectivity index (χ1v) is 8.94. The van der Waals surface area contributed by atoms with E-state index in [4.69, 9.17) is 0 Å². The van der Waals surface area contributed by atoms with Crippen LogP contribution in [0.25, 0.3) is 0 Å². The lowest BCUT2D eigenvalue weighted by atomic mass is 10.2. The summed E-state index contributed by atoms with van der Waals surface area (Å²) in [7, 11) is 0. The molecule has 2 aliphatic rings. The first-order chi connectivity index (χ1) is 12.1. The standard InChI is InChI=1S/C18H25FN4O2/c19-14-5-7-16(8-6-14)22-9-11-23(12-10-22)18(25)20-13-17(24)21-15-3-1-2-4-15/h5-8,15H,1-4,9-13H2,(H,20,25)(H,21,24). The lowest BCUT2D eigenvalue weighted by Crippen LogP contribution is -2.53. The van der Waals surface area contributed by atoms with Crippen LogP contribution < -0.4 is 15.5 Å². The number of piperazine rings is 1. The molecule has 0 atom stereocenters. The Hall–Kier alpha value is -2.31. The molecule has 3 amide bonds. The third-order valence-electron chi connectivity index (χ3n) is 4.88. The van der Waals surface area contributed by atoms with Gasteiger partial charge in [0, 0.05) is 37.9 Å². The SMILES string of the molecule is O=C(CNC(=O)N1CCN(c2ccc(F)cc2)CC1)NC1CCCC1. The van der Waals surface area contributed by atoms with Crippen LogP contribution in [0.2, 0.25) is 0 Å². The molecule has 6 nitrogen and oxygen atoms in total. The quantitative estimate of drug-likeness (QED) is 0.871. The molecule has 25 heavy (non-hydrogen) atoms. The van der Waals surface area contributed by atoms with Crippen molar-refractivity contribution in [1.29, 1.82) is 0 Å².